The molecule has 4 rings (SSSR count). The normalized spacial score (nSPS) is 33.3. The number of nitrogens with one attached hydrogen (secondary N) is 2. The fraction of sp³-hybridized carbons (Fsp3) is 0.680. The van der Waals surface area contributed by atoms with Crippen LogP contribution in [0.5, 0.6) is 0 Å². The van der Waals surface area contributed by atoms with Crippen molar-refractivity contribution < 1.29 is 9.59 Å². The van der Waals surface area contributed by atoms with Gasteiger partial charge in [-0.3, -0.25) is 9.59 Å². The molecule has 5 unspecified atom stereocenters. The number of fused-ring (bicyclic) bond motifs is 2. The lowest BCUT2D eigenvalue weighted by atomic mass is 9.57. The lowest BCUT2D eigenvalue weighted by molar-refractivity contribution is -0.134. The number of carbonyl (C=O) groups excluding carboxylic acids is 2. The molecular weight excluding hydrogens is 477 g/mol. The molecule has 2 amide bonds. The Kier molecular flexibility index (Phi) is 7.59. The minimum Gasteiger partial charge on any atom is -0.369 e. The predicted molar refractivity (Wildman–Crippen MR) is 135 cm³/mol. The molecule has 182 valence electrons. The van der Waals surface area contributed by atoms with Gasteiger partial charge in [-0.05, 0) is 80.4 Å². The molecule has 0 spiro atoms. The van der Waals surface area contributed by atoms with E-state index in [1.807, 2.05) is 25.1 Å². The summed E-state index contributed by atoms with van der Waals surface area (Å²) in [6, 6.07) is 5.50. The van der Waals surface area contributed by atoms with Gasteiger partial charge >= 0.3 is 0 Å². The minimum atomic E-state index is -0.663. The van der Waals surface area contributed by atoms with Gasteiger partial charge in [0.05, 0.1) is 14.9 Å². The molecule has 1 aromatic carbocycles. The van der Waals surface area contributed by atoms with E-state index < -0.39 is 11.0 Å². The van der Waals surface area contributed by atoms with Crippen molar-refractivity contribution in [2.45, 2.75) is 88.1 Å². The van der Waals surface area contributed by atoms with Crippen molar-refractivity contribution >= 4 is 47.0 Å². The number of carbonyl (C=O) groups is 2. The molecule has 0 aromatic heterocycles. The van der Waals surface area contributed by atoms with Crippen LogP contribution in [0, 0.1) is 23.2 Å². The molecule has 2 bridgehead atoms. The number of nitrogens with two attached hydrogens (primary N) is 1. The summed E-state index contributed by atoms with van der Waals surface area (Å²) in [5, 5.41) is 4.59. The van der Waals surface area contributed by atoms with E-state index in [1.165, 1.54) is 11.9 Å². The van der Waals surface area contributed by atoms with Crippen LogP contribution in [0.15, 0.2) is 23.1 Å². The summed E-state index contributed by atoms with van der Waals surface area (Å²) in [6.07, 6.45) is 8.39. The smallest absolute Gasteiger partial charge is 0.241 e. The lowest BCUT2D eigenvalue weighted by Gasteiger charge is -2.50. The van der Waals surface area contributed by atoms with Gasteiger partial charge in [-0.1, -0.05) is 62.4 Å². The summed E-state index contributed by atoms with van der Waals surface area (Å²) in [7, 11) is 0. The third-order valence-corrected chi connectivity index (χ3v) is 10.2. The maximum Gasteiger partial charge on any atom is 0.241 e. The maximum absolute atomic E-state index is 13.8. The quantitative estimate of drug-likeness (QED) is 0.426. The summed E-state index contributed by atoms with van der Waals surface area (Å²) in [4.78, 5) is 26.8. The molecule has 4 N–H and O–H groups in total. The third-order valence-electron chi connectivity index (χ3n) is 8.22. The van der Waals surface area contributed by atoms with Gasteiger partial charge in [0, 0.05) is 11.5 Å². The molecule has 3 saturated carbocycles. The summed E-state index contributed by atoms with van der Waals surface area (Å²) in [5.74, 6) is 1.00. The van der Waals surface area contributed by atoms with Gasteiger partial charge in [-0.2, -0.15) is 0 Å². The monoisotopic (exact) mass is 511 g/mol. The molecule has 0 heterocycles. The Morgan fingerprint density at radius 1 is 1.09 bits per heavy atom. The predicted octanol–water partition coefficient (Wildman–Crippen LogP) is 5.73. The second-order valence-electron chi connectivity index (χ2n) is 10.8. The second kappa shape index (κ2) is 9.96. The number of amides is 2. The fourth-order valence-corrected chi connectivity index (χ4v) is 8.05. The van der Waals surface area contributed by atoms with E-state index in [0.29, 0.717) is 21.9 Å². The Bertz CT molecular complexity index is 885. The van der Waals surface area contributed by atoms with E-state index in [0.717, 1.165) is 62.7 Å². The molecule has 0 radical (unpaired) electrons. The molecule has 5 atom stereocenters. The SMILES string of the molecule is CC1CC2CC(CC(C)(C(N)=O)C2)C1NC(=O)C1(NSc2c(Cl)cccc2Cl)CCCCC1. The molecule has 0 aliphatic heterocycles. The number of hydrogen-bond acceptors (Lipinski definition) is 4. The number of hydrogen-bond donors (Lipinski definition) is 3. The van der Waals surface area contributed by atoms with Gasteiger partial charge in [0.1, 0.15) is 5.54 Å². The van der Waals surface area contributed by atoms with E-state index in [2.05, 4.69) is 17.0 Å². The van der Waals surface area contributed by atoms with Crippen LogP contribution < -0.4 is 15.8 Å². The molecule has 3 aliphatic carbocycles. The lowest BCUT2D eigenvalue weighted by Crippen LogP contribution is -2.61. The Balaban J connectivity index is 1.51. The van der Waals surface area contributed by atoms with E-state index >= 15 is 0 Å². The summed E-state index contributed by atoms with van der Waals surface area (Å²) < 4.78 is 3.49. The molecule has 5 nitrogen and oxygen atoms in total. The number of benzene rings is 1. The van der Waals surface area contributed by atoms with Crippen molar-refractivity contribution in [1.82, 2.24) is 10.0 Å². The van der Waals surface area contributed by atoms with Crippen LogP contribution >= 0.6 is 35.1 Å². The highest BCUT2D eigenvalue weighted by Gasteiger charge is 2.50. The molecule has 0 saturated heterocycles. The average Bonchev–Trinajstić information content (AvgIpc) is 2.76. The number of rotatable bonds is 6. The van der Waals surface area contributed by atoms with E-state index in [9.17, 15) is 9.59 Å². The van der Waals surface area contributed by atoms with Crippen molar-refractivity contribution in [2.75, 3.05) is 0 Å². The van der Waals surface area contributed by atoms with Crippen molar-refractivity contribution in [3.63, 3.8) is 0 Å². The van der Waals surface area contributed by atoms with Gasteiger partial charge in [-0.15, -0.1) is 0 Å². The Morgan fingerprint density at radius 3 is 2.39 bits per heavy atom. The van der Waals surface area contributed by atoms with E-state index in [1.54, 1.807) is 0 Å². The standard InChI is InChI=1S/C25H35Cl2N3O2S/c1-15-11-16-12-17(14-24(2,13-16)22(28)31)20(15)29-23(32)25(9-4-3-5-10-25)30-33-21-18(26)7-6-8-19(21)27/h6-8,15-17,20,30H,3-5,9-14H2,1-2H3,(H2,28,31)(H,29,32). The first-order valence-corrected chi connectivity index (χ1v) is 13.7. The zero-order valence-electron chi connectivity index (χ0n) is 19.5. The maximum atomic E-state index is 13.8. The average molecular weight is 513 g/mol. The molecule has 33 heavy (non-hydrogen) atoms. The zero-order valence-corrected chi connectivity index (χ0v) is 21.8. The van der Waals surface area contributed by atoms with E-state index in [-0.39, 0.29) is 23.8 Å². The van der Waals surface area contributed by atoms with Crippen LogP contribution in [0.25, 0.3) is 0 Å². The molecule has 8 heteroatoms. The van der Waals surface area contributed by atoms with Gasteiger partial charge < -0.3 is 11.1 Å². The van der Waals surface area contributed by atoms with Gasteiger partial charge in [0.25, 0.3) is 0 Å². The molecule has 3 aliphatic rings. The van der Waals surface area contributed by atoms with Crippen LogP contribution in [0.1, 0.15) is 71.6 Å². The summed E-state index contributed by atoms with van der Waals surface area (Å²) >= 11 is 14.1. The topological polar surface area (TPSA) is 84.2 Å². The fourth-order valence-electron chi connectivity index (χ4n) is 6.49. The zero-order chi connectivity index (χ0) is 23.8. The molecule has 3 fully saturated rings. The Labute approximate surface area is 211 Å². The van der Waals surface area contributed by atoms with Crippen molar-refractivity contribution in [1.29, 1.82) is 0 Å². The second-order valence-corrected chi connectivity index (χ2v) is 12.4. The van der Waals surface area contributed by atoms with Gasteiger partial charge in [0.15, 0.2) is 0 Å². The van der Waals surface area contributed by atoms with Crippen LogP contribution in [0.3, 0.4) is 0 Å². The van der Waals surface area contributed by atoms with Gasteiger partial charge in [-0.25, -0.2) is 4.72 Å². The number of primary amides is 1. The van der Waals surface area contributed by atoms with Gasteiger partial charge in [0.2, 0.25) is 11.8 Å². The Morgan fingerprint density at radius 2 is 1.76 bits per heavy atom. The van der Waals surface area contributed by atoms with Crippen molar-refractivity contribution in [3.8, 4) is 0 Å². The third kappa shape index (κ3) is 5.19. The van der Waals surface area contributed by atoms with Crippen molar-refractivity contribution in [2.24, 2.45) is 28.9 Å². The minimum absolute atomic E-state index is 0.0551. The van der Waals surface area contributed by atoms with Crippen LogP contribution in [-0.2, 0) is 9.59 Å². The Hall–Kier alpha value is -0.950. The molecule has 1 aromatic rings. The van der Waals surface area contributed by atoms with Crippen LogP contribution in [0.4, 0.5) is 0 Å². The highest BCUT2D eigenvalue weighted by molar-refractivity contribution is 7.97. The van der Waals surface area contributed by atoms with E-state index in [4.69, 9.17) is 28.9 Å². The highest BCUT2D eigenvalue weighted by Crippen LogP contribution is 2.50. The highest BCUT2D eigenvalue weighted by atomic mass is 35.5. The first-order valence-electron chi connectivity index (χ1n) is 12.1. The molecular formula is C25H35Cl2N3O2S. The van der Waals surface area contributed by atoms with Crippen LogP contribution in [-0.4, -0.2) is 23.4 Å². The number of halogens is 2. The van der Waals surface area contributed by atoms with Crippen LogP contribution in [0.2, 0.25) is 10.0 Å². The largest absolute Gasteiger partial charge is 0.369 e. The summed E-state index contributed by atoms with van der Waals surface area (Å²) in [5.41, 5.74) is 4.64. The first-order chi connectivity index (χ1) is 15.6. The first kappa shape index (κ1) is 25.2. The van der Waals surface area contributed by atoms with Crippen molar-refractivity contribution in [3.05, 3.63) is 28.2 Å². The summed E-state index contributed by atoms with van der Waals surface area (Å²) in [6.45, 7) is 4.23.